The number of carboxylic acid groups (broad SMARTS) is 1. The van der Waals surface area contributed by atoms with E-state index < -0.39 is 18.1 Å². The average Bonchev–Trinajstić information content (AvgIpc) is 2.19. The molecule has 0 aliphatic heterocycles. The summed E-state index contributed by atoms with van der Waals surface area (Å²) in [6, 6.07) is 0. The van der Waals surface area contributed by atoms with Crippen LogP contribution in [0.4, 0.5) is 0 Å². The number of aromatic carboxylic acids is 1. The Morgan fingerprint density at radius 3 is 1.93 bits per heavy atom. The van der Waals surface area contributed by atoms with Gasteiger partial charge in [0.1, 0.15) is 0 Å². The molecule has 1 rings (SSSR count). The van der Waals surface area contributed by atoms with Gasteiger partial charge in [-0.15, -0.1) is 0 Å². The van der Waals surface area contributed by atoms with Crippen LogP contribution in [-0.4, -0.2) is 11.1 Å². The Morgan fingerprint density at radius 1 is 1.07 bits per heavy atom. The minimum atomic E-state index is -1.58. The van der Waals surface area contributed by atoms with Crippen LogP contribution in [0.3, 0.4) is 0 Å². The third kappa shape index (κ3) is 2.17. The smallest absolute Gasteiger partial charge is 0.0800 e. The number of benzene rings is 1. The second-order valence-corrected chi connectivity index (χ2v) is 4.07. The van der Waals surface area contributed by atoms with E-state index in [0.29, 0.717) is 0 Å². The van der Waals surface area contributed by atoms with E-state index >= 15 is 0 Å². The lowest BCUT2D eigenvalue weighted by atomic mass is 10.1. The number of carbonyl (C=O) groups excluding carboxylic acids is 1. The first-order valence-corrected chi connectivity index (χ1v) is 5.10. The van der Waals surface area contributed by atoms with Gasteiger partial charge in [-0.05, 0) is 0 Å². The summed E-state index contributed by atoms with van der Waals surface area (Å²) < 4.78 is 0. The first-order chi connectivity index (χ1) is 6.91. The molecule has 0 heterocycles. The van der Waals surface area contributed by atoms with Gasteiger partial charge in [0.2, 0.25) is 0 Å². The summed E-state index contributed by atoms with van der Waals surface area (Å²) >= 11 is 22.6. The van der Waals surface area contributed by atoms with Gasteiger partial charge in [0.15, 0.2) is 0 Å². The minimum Gasteiger partial charge on any atom is -0.545 e. The molecule has 0 radical (unpaired) electrons. The van der Waals surface area contributed by atoms with Crippen molar-refractivity contribution >= 4 is 52.4 Å². The van der Waals surface area contributed by atoms with Crippen molar-refractivity contribution in [3.63, 3.8) is 0 Å². The number of aliphatic hydroxyl groups excluding tert-OH is 1. The molecule has 0 bridgehead atoms. The maximum absolute atomic E-state index is 10.8. The van der Waals surface area contributed by atoms with Crippen LogP contribution in [0.25, 0.3) is 0 Å². The lowest BCUT2D eigenvalue weighted by molar-refractivity contribution is -0.255. The van der Waals surface area contributed by atoms with Crippen molar-refractivity contribution in [2.75, 3.05) is 0 Å². The van der Waals surface area contributed by atoms with Crippen LogP contribution in [0.1, 0.15) is 15.9 Å². The van der Waals surface area contributed by atoms with Crippen molar-refractivity contribution in [2.45, 2.75) is 6.61 Å². The number of carbonyl (C=O) groups is 1. The molecule has 1 N–H and O–H groups in total. The molecule has 0 amide bonds. The third-order valence-electron chi connectivity index (χ3n) is 1.73. The fourth-order valence-corrected chi connectivity index (χ4v) is 2.07. The lowest BCUT2D eigenvalue weighted by Gasteiger charge is -2.15. The Kier molecular flexibility index (Phi) is 4.09. The highest BCUT2D eigenvalue weighted by Crippen LogP contribution is 2.41. The van der Waals surface area contributed by atoms with E-state index in [0.717, 1.165) is 0 Å². The molecule has 0 aliphatic rings. The van der Waals surface area contributed by atoms with E-state index in [1.807, 2.05) is 0 Å². The molecule has 0 fully saturated rings. The van der Waals surface area contributed by atoms with Crippen LogP contribution >= 0.6 is 46.4 Å². The number of hydrogen-bond donors (Lipinski definition) is 1. The fraction of sp³-hybridized carbons (Fsp3) is 0.125. The van der Waals surface area contributed by atoms with Gasteiger partial charge in [-0.25, -0.2) is 0 Å². The van der Waals surface area contributed by atoms with E-state index in [1.165, 1.54) is 0 Å². The molecule has 82 valence electrons. The van der Waals surface area contributed by atoms with Crippen LogP contribution in [0, 0.1) is 0 Å². The Bertz CT molecular complexity index is 431. The van der Waals surface area contributed by atoms with Crippen molar-refractivity contribution in [1.82, 2.24) is 0 Å². The first kappa shape index (κ1) is 12.9. The monoisotopic (exact) mass is 287 g/mol. The lowest BCUT2D eigenvalue weighted by Crippen LogP contribution is -2.24. The molecule has 0 saturated heterocycles. The molecular formula is C8H3Cl4O3-. The Balaban J connectivity index is 3.70. The van der Waals surface area contributed by atoms with Crippen LogP contribution in [0.5, 0.6) is 0 Å². The number of rotatable bonds is 2. The molecule has 0 spiro atoms. The van der Waals surface area contributed by atoms with E-state index in [-0.39, 0.29) is 25.7 Å². The number of carboxylic acids is 1. The van der Waals surface area contributed by atoms with Crippen LogP contribution in [-0.2, 0) is 6.61 Å². The summed E-state index contributed by atoms with van der Waals surface area (Å²) in [5.74, 6) is -1.58. The van der Waals surface area contributed by atoms with Crippen molar-refractivity contribution in [3.05, 3.63) is 31.2 Å². The quantitative estimate of drug-likeness (QED) is 0.670. The normalized spacial score (nSPS) is 10.5. The van der Waals surface area contributed by atoms with Crippen LogP contribution < -0.4 is 5.11 Å². The van der Waals surface area contributed by atoms with Crippen molar-refractivity contribution in [2.24, 2.45) is 0 Å². The molecule has 1 aromatic carbocycles. The standard InChI is InChI=1S/C8H4Cl4O3/c9-4-2(1-13)3(8(14)15)5(10)7(12)6(4)11/h13H,1H2,(H,14,15)/p-1. The Labute approximate surface area is 105 Å². The molecule has 0 aliphatic carbocycles. The predicted molar refractivity (Wildman–Crippen MR) is 56.7 cm³/mol. The summed E-state index contributed by atoms with van der Waals surface area (Å²) in [5, 5.41) is 19.0. The van der Waals surface area contributed by atoms with Crippen LogP contribution in [0.2, 0.25) is 20.1 Å². The highest BCUT2D eigenvalue weighted by molar-refractivity contribution is 6.53. The molecular weight excluding hydrogens is 286 g/mol. The van der Waals surface area contributed by atoms with Crippen molar-refractivity contribution in [1.29, 1.82) is 0 Å². The van der Waals surface area contributed by atoms with E-state index in [1.54, 1.807) is 0 Å². The fourth-order valence-electron chi connectivity index (χ4n) is 1.04. The predicted octanol–water partition coefficient (Wildman–Crippen LogP) is 2.16. The van der Waals surface area contributed by atoms with Crippen molar-refractivity contribution < 1.29 is 15.0 Å². The largest absolute Gasteiger partial charge is 0.545 e. The van der Waals surface area contributed by atoms with E-state index in [2.05, 4.69) is 0 Å². The van der Waals surface area contributed by atoms with Gasteiger partial charge >= 0.3 is 0 Å². The zero-order valence-electron chi connectivity index (χ0n) is 6.98. The van der Waals surface area contributed by atoms with Gasteiger partial charge in [0.05, 0.1) is 32.7 Å². The summed E-state index contributed by atoms with van der Waals surface area (Å²) in [6.45, 7) is -0.626. The highest BCUT2D eigenvalue weighted by atomic mass is 35.5. The summed E-state index contributed by atoms with van der Waals surface area (Å²) in [4.78, 5) is 10.8. The second-order valence-electron chi connectivity index (χ2n) is 2.56. The maximum Gasteiger partial charge on any atom is 0.0800 e. The average molecular weight is 289 g/mol. The molecule has 0 saturated carbocycles. The SMILES string of the molecule is O=C([O-])c1c(Cl)c(Cl)c(Cl)c(Cl)c1CO. The molecule has 15 heavy (non-hydrogen) atoms. The Hall–Kier alpha value is -0.190. The zero-order chi connectivity index (χ0) is 11.7. The van der Waals surface area contributed by atoms with Crippen LogP contribution in [0.15, 0.2) is 0 Å². The summed E-state index contributed by atoms with van der Waals surface area (Å²) in [6.07, 6.45) is 0. The topological polar surface area (TPSA) is 60.4 Å². The number of aliphatic hydroxyl groups is 1. The summed E-state index contributed by atoms with van der Waals surface area (Å²) in [7, 11) is 0. The Morgan fingerprint density at radius 2 is 1.53 bits per heavy atom. The van der Waals surface area contributed by atoms with E-state index in [4.69, 9.17) is 51.5 Å². The molecule has 0 atom stereocenters. The number of halogens is 4. The summed E-state index contributed by atoms with van der Waals surface area (Å²) in [5.41, 5.74) is -0.561. The van der Waals surface area contributed by atoms with Crippen molar-refractivity contribution in [3.8, 4) is 0 Å². The molecule has 1 aromatic rings. The molecule has 3 nitrogen and oxygen atoms in total. The second kappa shape index (κ2) is 4.76. The highest BCUT2D eigenvalue weighted by Gasteiger charge is 2.20. The molecule has 7 heteroatoms. The first-order valence-electron chi connectivity index (χ1n) is 3.58. The third-order valence-corrected chi connectivity index (χ3v) is 3.57. The molecule has 0 unspecified atom stereocenters. The zero-order valence-corrected chi connectivity index (χ0v) is 10.0. The van der Waals surface area contributed by atoms with Gasteiger partial charge in [-0.1, -0.05) is 46.4 Å². The number of hydrogen-bond acceptors (Lipinski definition) is 3. The molecule has 0 aromatic heterocycles. The van der Waals surface area contributed by atoms with E-state index in [9.17, 15) is 9.90 Å². The van der Waals surface area contributed by atoms with Gasteiger partial charge < -0.3 is 15.0 Å². The minimum absolute atomic E-state index is 0.0996. The maximum atomic E-state index is 10.8. The van der Waals surface area contributed by atoms with Gasteiger partial charge in [-0.3, -0.25) is 0 Å². The van der Waals surface area contributed by atoms with Gasteiger partial charge in [0.25, 0.3) is 0 Å². The van der Waals surface area contributed by atoms with Gasteiger partial charge in [-0.2, -0.15) is 0 Å². The van der Waals surface area contributed by atoms with Gasteiger partial charge in [0, 0.05) is 11.1 Å².